The van der Waals surface area contributed by atoms with Crippen molar-refractivity contribution in [2.75, 3.05) is 0 Å². The first-order chi connectivity index (χ1) is 15.8. The molecule has 0 aliphatic heterocycles. The molecule has 8 nitrogen and oxygen atoms in total. The molecule has 0 fully saturated rings. The number of rotatable bonds is 8. The van der Waals surface area contributed by atoms with E-state index in [1.54, 1.807) is 30.3 Å². The molecule has 0 spiro atoms. The van der Waals surface area contributed by atoms with Crippen LogP contribution in [0.15, 0.2) is 76.8 Å². The third-order valence-electron chi connectivity index (χ3n) is 4.55. The van der Waals surface area contributed by atoms with Gasteiger partial charge in [-0.05, 0) is 57.4 Å². The number of hydrogen-bond acceptors (Lipinski definition) is 6. The molecule has 0 aliphatic rings. The summed E-state index contributed by atoms with van der Waals surface area (Å²) in [6.45, 7) is 0.211. The lowest BCUT2D eigenvalue weighted by atomic mass is 10.0. The van der Waals surface area contributed by atoms with Gasteiger partial charge in [-0.3, -0.25) is 14.9 Å². The SMILES string of the molecule is N#C/C(=C\c1ccc(OCc2ccc(C(=O)O)cc2)c(Br)c1)C(=O)c1cccc([N+](=O)[O-])c1. The number of carbonyl (C=O) groups is 2. The Balaban J connectivity index is 1.75. The lowest BCUT2D eigenvalue weighted by Gasteiger charge is -2.09. The standard InChI is InChI=1S/C24H15BrN2O6/c25-21-11-16(6-9-22(21)33-14-15-4-7-17(8-5-15)24(29)30)10-19(13-26)23(28)18-2-1-3-20(12-18)27(31)32/h1-12H,14H2,(H,29,30)/b19-10+. The summed E-state index contributed by atoms with van der Waals surface area (Å²) >= 11 is 3.40. The number of ketones is 1. The van der Waals surface area contributed by atoms with Crippen LogP contribution in [0, 0.1) is 21.4 Å². The number of non-ortho nitro benzene ring substituents is 1. The highest BCUT2D eigenvalue weighted by Crippen LogP contribution is 2.28. The molecule has 164 valence electrons. The molecule has 0 saturated carbocycles. The van der Waals surface area contributed by atoms with Gasteiger partial charge in [-0.1, -0.05) is 30.3 Å². The molecule has 9 heteroatoms. The van der Waals surface area contributed by atoms with E-state index < -0.39 is 16.7 Å². The van der Waals surface area contributed by atoms with Crippen LogP contribution in [0.5, 0.6) is 5.75 Å². The third-order valence-corrected chi connectivity index (χ3v) is 5.17. The zero-order valence-electron chi connectivity index (χ0n) is 16.9. The summed E-state index contributed by atoms with van der Waals surface area (Å²) in [6, 6.07) is 18.3. The minimum atomic E-state index is -1.01. The van der Waals surface area contributed by atoms with Crippen LogP contribution in [0.4, 0.5) is 5.69 Å². The minimum Gasteiger partial charge on any atom is -0.488 e. The van der Waals surface area contributed by atoms with Crippen LogP contribution in [0.1, 0.15) is 31.8 Å². The molecule has 1 N–H and O–H groups in total. The first-order valence-electron chi connectivity index (χ1n) is 9.44. The van der Waals surface area contributed by atoms with Gasteiger partial charge in [0.15, 0.2) is 0 Å². The summed E-state index contributed by atoms with van der Waals surface area (Å²) in [5.74, 6) is -1.12. The highest BCUT2D eigenvalue weighted by Gasteiger charge is 2.16. The van der Waals surface area contributed by atoms with Crippen molar-refractivity contribution in [2.24, 2.45) is 0 Å². The van der Waals surface area contributed by atoms with Gasteiger partial charge in [-0.15, -0.1) is 0 Å². The molecule has 0 heterocycles. The molecular weight excluding hydrogens is 492 g/mol. The number of allylic oxidation sites excluding steroid dienone is 1. The van der Waals surface area contributed by atoms with Crippen LogP contribution >= 0.6 is 15.9 Å². The number of carboxylic acid groups (broad SMARTS) is 1. The molecule has 3 aromatic rings. The van der Waals surface area contributed by atoms with E-state index in [0.29, 0.717) is 15.8 Å². The number of aromatic carboxylic acids is 1. The van der Waals surface area contributed by atoms with Gasteiger partial charge in [-0.25, -0.2) is 4.79 Å². The fourth-order valence-electron chi connectivity index (χ4n) is 2.86. The molecule has 3 aromatic carbocycles. The number of carboxylic acids is 1. The Morgan fingerprint density at radius 1 is 1.09 bits per heavy atom. The van der Waals surface area contributed by atoms with Crippen molar-refractivity contribution in [2.45, 2.75) is 6.61 Å². The van der Waals surface area contributed by atoms with Crippen molar-refractivity contribution in [1.29, 1.82) is 5.26 Å². The predicted molar refractivity (Wildman–Crippen MR) is 123 cm³/mol. The topological polar surface area (TPSA) is 131 Å². The maximum atomic E-state index is 12.6. The van der Waals surface area contributed by atoms with E-state index in [-0.39, 0.29) is 29.0 Å². The summed E-state index contributed by atoms with van der Waals surface area (Å²) in [5.41, 5.74) is 1.16. The van der Waals surface area contributed by atoms with E-state index in [9.17, 15) is 25.0 Å². The normalized spacial score (nSPS) is 10.8. The fraction of sp³-hybridized carbons (Fsp3) is 0.0417. The first kappa shape index (κ1) is 23.4. The molecule has 3 rings (SSSR count). The molecule has 0 aliphatic carbocycles. The number of ether oxygens (including phenoxy) is 1. The predicted octanol–water partition coefficient (Wildman–Crippen LogP) is 5.42. The summed E-state index contributed by atoms with van der Waals surface area (Å²) in [7, 11) is 0. The summed E-state index contributed by atoms with van der Waals surface area (Å²) in [6.07, 6.45) is 1.39. The number of hydrogen-bond donors (Lipinski definition) is 1. The van der Waals surface area contributed by atoms with Gasteiger partial charge in [0.25, 0.3) is 5.69 Å². The molecule has 0 bridgehead atoms. The second-order valence-corrected chi connectivity index (χ2v) is 7.64. The number of nitriles is 1. The van der Waals surface area contributed by atoms with Gasteiger partial charge in [-0.2, -0.15) is 5.26 Å². The Morgan fingerprint density at radius 3 is 2.42 bits per heavy atom. The van der Waals surface area contributed by atoms with E-state index in [2.05, 4.69) is 15.9 Å². The van der Waals surface area contributed by atoms with Crippen molar-refractivity contribution in [1.82, 2.24) is 0 Å². The third kappa shape index (κ3) is 5.90. The van der Waals surface area contributed by atoms with Gasteiger partial charge < -0.3 is 9.84 Å². The van der Waals surface area contributed by atoms with Gasteiger partial charge >= 0.3 is 5.97 Å². The van der Waals surface area contributed by atoms with Crippen LogP contribution < -0.4 is 4.74 Å². The van der Waals surface area contributed by atoms with E-state index in [1.165, 1.54) is 36.4 Å². The van der Waals surface area contributed by atoms with Crippen molar-refractivity contribution < 1.29 is 24.4 Å². The number of nitrogens with zero attached hydrogens (tertiary/aromatic N) is 2. The number of nitro groups is 1. The average Bonchev–Trinajstić information content (AvgIpc) is 2.81. The summed E-state index contributed by atoms with van der Waals surface area (Å²) < 4.78 is 6.33. The van der Waals surface area contributed by atoms with Crippen LogP contribution in [-0.2, 0) is 6.61 Å². The molecule has 0 unspecified atom stereocenters. The average molecular weight is 507 g/mol. The smallest absolute Gasteiger partial charge is 0.335 e. The lowest BCUT2D eigenvalue weighted by molar-refractivity contribution is -0.384. The monoisotopic (exact) mass is 506 g/mol. The highest BCUT2D eigenvalue weighted by molar-refractivity contribution is 9.10. The van der Waals surface area contributed by atoms with Gasteiger partial charge in [0, 0.05) is 17.7 Å². The quantitative estimate of drug-likeness (QED) is 0.142. The minimum absolute atomic E-state index is 0.0462. The Hall–Kier alpha value is -4.29. The maximum absolute atomic E-state index is 12.6. The van der Waals surface area contributed by atoms with E-state index in [1.807, 2.05) is 6.07 Å². The zero-order valence-corrected chi connectivity index (χ0v) is 18.5. The van der Waals surface area contributed by atoms with Crippen molar-refractivity contribution >= 4 is 39.4 Å². The van der Waals surface area contributed by atoms with Crippen LogP contribution in [0.3, 0.4) is 0 Å². The maximum Gasteiger partial charge on any atom is 0.335 e. The second kappa shape index (κ2) is 10.3. The molecule has 0 amide bonds. The molecule has 0 aromatic heterocycles. The van der Waals surface area contributed by atoms with Crippen molar-refractivity contribution in [3.05, 3.63) is 109 Å². The Morgan fingerprint density at radius 2 is 1.82 bits per heavy atom. The number of nitro benzene ring substituents is 1. The van der Waals surface area contributed by atoms with Crippen LogP contribution in [-0.4, -0.2) is 21.8 Å². The lowest BCUT2D eigenvalue weighted by Crippen LogP contribution is -2.03. The van der Waals surface area contributed by atoms with Gasteiger partial charge in [0.05, 0.1) is 15.0 Å². The molecule has 33 heavy (non-hydrogen) atoms. The van der Waals surface area contributed by atoms with E-state index >= 15 is 0 Å². The molecular formula is C24H15BrN2O6. The van der Waals surface area contributed by atoms with Crippen molar-refractivity contribution in [3.8, 4) is 11.8 Å². The van der Waals surface area contributed by atoms with E-state index in [0.717, 1.165) is 11.6 Å². The highest BCUT2D eigenvalue weighted by atomic mass is 79.9. The zero-order chi connectivity index (χ0) is 24.0. The molecule has 0 atom stereocenters. The molecule has 0 saturated heterocycles. The Bertz CT molecular complexity index is 1310. The fourth-order valence-corrected chi connectivity index (χ4v) is 3.37. The first-order valence-corrected chi connectivity index (χ1v) is 10.2. The Labute approximate surface area is 196 Å². The van der Waals surface area contributed by atoms with Crippen molar-refractivity contribution in [3.63, 3.8) is 0 Å². The van der Waals surface area contributed by atoms with Gasteiger partial charge in [0.2, 0.25) is 5.78 Å². The number of Topliss-reactive ketones (excluding diaryl/α,β-unsaturated/α-hetero) is 1. The largest absolute Gasteiger partial charge is 0.488 e. The number of halogens is 1. The summed E-state index contributed by atoms with van der Waals surface area (Å²) in [4.78, 5) is 33.9. The number of benzene rings is 3. The summed E-state index contributed by atoms with van der Waals surface area (Å²) in [5, 5.41) is 29.3. The Kier molecular flexibility index (Phi) is 7.33. The van der Waals surface area contributed by atoms with Crippen LogP contribution in [0.25, 0.3) is 6.08 Å². The number of carbonyl (C=O) groups excluding carboxylic acids is 1. The van der Waals surface area contributed by atoms with Crippen LogP contribution in [0.2, 0.25) is 0 Å². The van der Waals surface area contributed by atoms with E-state index in [4.69, 9.17) is 9.84 Å². The molecule has 0 radical (unpaired) electrons. The van der Waals surface area contributed by atoms with Gasteiger partial charge in [0.1, 0.15) is 24.0 Å². The second-order valence-electron chi connectivity index (χ2n) is 6.79.